The van der Waals surface area contributed by atoms with Crippen molar-refractivity contribution in [1.29, 1.82) is 0 Å². The van der Waals surface area contributed by atoms with E-state index in [1.165, 1.54) is 35.2 Å². The first-order valence-corrected chi connectivity index (χ1v) is 9.72. The van der Waals surface area contributed by atoms with Gasteiger partial charge < -0.3 is 10.3 Å². The van der Waals surface area contributed by atoms with Crippen LogP contribution in [0.5, 0.6) is 0 Å². The van der Waals surface area contributed by atoms with Crippen LogP contribution in [0.4, 0.5) is 10.8 Å². The number of fused-ring (bicyclic) bond motifs is 2. The summed E-state index contributed by atoms with van der Waals surface area (Å²) in [6, 6.07) is 10.4. The number of anilines is 1. The lowest BCUT2D eigenvalue weighted by Gasteiger charge is -1.99. The molecule has 2 aromatic carbocycles. The number of aryl methyl sites for hydroxylation is 1. The Balaban J connectivity index is 1.42. The fourth-order valence-corrected chi connectivity index (χ4v) is 4.20. The summed E-state index contributed by atoms with van der Waals surface area (Å²) in [5.41, 5.74) is 3.17. The van der Waals surface area contributed by atoms with Gasteiger partial charge >= 0.3 is 0 Å². The molecule has 2 N–H and O–H groups in total. The van der Waals surface area contributed by atoms with Crippen molar-refractivity contribution in [3.05, 3.63) is 52.1 Å². The Morgan fingerprint density at radius 2 is 2.07 bits per heavy atom. The molecule has 4 aromatic rings. The van der Waals surface area contributed by atoms with Gasteiger partial charge in [0.1, 0.15) is 0 Å². The number of thiazole rings is 1. The predicted octanol–water partition coefficient (Wildman–Crippen LogP) is 4.12. The number of carbonyl (C=O) groups excluding carboxylic acids is 1. The number of hydrogen-bond donors (Lipinski definition) is 2. The highest BCUT2D eigenvalue weighted by molar-refractivity contribution is 7.99. The maximum atomic E-state index is 12.2. The molecule has 0 bridgehead atoms. The third-order valence-electron chi connectivity index (χ3n) is 3.78. The number of aromatic nitrogens is 3. The topological polar surface area (TPSA) is 114 Å². The lowest BCUT2D eigenvalue weighted by atomic mass is 10.2. The Labute approximate surface area is 161 Å². The van der Waals surface area contributed by atoms with Gasteiger partial charge in [-0.3, -0.25) is 14.9 Å². The Morgan fingerprint density at radius 3 is 2.89 bits per heavy atom. The molecule has 0 aliphatic carbocycles. The minimum absolute atomic E-state index is 0.00786. The second kappa shape index (κ2) is 6.97. The second-order valence-corrected chi connectivity index (χ2v) is 7.82. The Kier molecular flexibility index (Phi) is 4.50. The van der Waals surface area contributed by atoms with Crippen molar-refractivity contribution in [2.45, 2.75) is 12.1 Å². The summed E-state index contributed by atoms with van der Waals surface area (Å²) in [5, 5.41) is 14.7. The van der Waals surface area contributed by atoms with E-state index in [1.807, 2.05) is 25.1 Å². The molecule has 136 valence electrons. The van der Waals surface area contributed by atoms with Crippen LogP contribution in [-0.4, -0.2) is 31.5 Å². The standard InChI is InChI=1S/C17H13N5O3S2/c1-9-2-4-12-14(6-9)27-17(19-12)21-15(23)8-26-16-18-11-5-3-10(22(24)25)7-13(11)20-16/h2-7H,8H2,1H3,(H,18,20)(H,19,21,23). The number of H-pyrrole nitrogens is 1. The molecule has 0 radical (unpaired) electrons. The maximum absolute atomic E-state index is 12.2. The number of non-ortho nitro benzene ring substituents is 1. The van der Waals surface area contributed by atoms with Crippen molar-refractivity contribution in [3.63, 3.8) is 0 Å². The SMILES string of the molecule is Cc1ccc2nc(NC(=O)CSc3nc4ccc([N+](=O)[O-])cc4[nH]3)sc2c1. The van der Waals surface area contributed by atoms with Crippen LogP contribution in [0, 0.1) is 17.0 Å². The number of nitro benzene ring substituents is 1. The number of amides is 1. The van der Waals surface area contributed by atoms with Gasteiger partial charge in [0.15, 0.2) is 10.3 Å². The molecule has 8 nitrogen and oxygen atoms in total. The largest absolute Gasteiger partial charge is 0.333 e. The number of nitro groups is 1. The van der Waals surface area contributed by atoms with Crippen molar-refractivity contribution in [2.75, 3.05) is 11.1 Å². The number of benzene rings is 2. The Hall–Kier alpha value is -2.98. The molecule has 0 atom stereocenters. The fraction of sp³-hybridized carbons (Fsp3) is 0.118. The van der Waals surface area contributed by atoms with E-state index in [2.05, 4.69) is 20.3 Å². The van der Waals surface area contributed by atoms with Gasteiger partial charge in [-0.05, 0) is 30.7 Å². The van der Waals surface area contributed by atoms with Crippen LogP contribution >= 0.6 is 23.1 Å². The lowest BCUT2D eigenvalue weighted by Crippen LogP contribution is -2.13. The van der Waals surface area contributed by atoms with Gasteiger partial charge in [-0.1, -0.05) is 29.2 Å². The number of carbonyl (C=O) groups is 1. The number of hydrogen-bond acceptors (Lipinski definition) is 7. The summed E-state index contributed by atoms with van der Waals surface area (Å²) in [7, 11) is 0. The maximum Gasteiger partial charge on any atom is 0.271 e. The molecule has 0 saturated heterocycles. The molecule has 2 aromatic heterocycles. The number of imidazole rings is 1. The van der Waals surface area contributed by atoms with E-state index < -0.39 is 4.92 Å². The van der Waals surface area contributed by atoms with Crippen LogP contribution in [-0.2, 0) is 4.79 Å². The molecule has 27 heavy (non-hydrogen) atoms. The number of thioether (sulfide) groups is 1. The van der Waals surface area contributed by atoms with Gasteiger partial charge in [-0.15, -0.1) is 0 Å². The van der Waals surface area contributed by atoms with Gasteiger partial charge in [0.05, 0.1) is 31.9 Å². The zero-order chi connectivity index (χ0) is 19.0. The molecule has 0 saturated carbocycles. The van der Waals surface area contributed by atoms with Crippen molar-refractivity contribution in [2.24, 2.45) is 0 Å². The summed E-state index contributed by atoms with van der Waals surface area (Å²) < 4.78 is 1.02. The van der Waals surface area contributed by atoms with Crippen LogP contribution < -0.4 is 5.32 Å². The number of nitrogens with one attached hydrogen (secondary N) is 2. The normalized spacial score (nSPS) is 11.1. The third-order valence-corrected chi connectivity index (χ3v) is 5.59. The summed E-state index contributed by atoms with van der Waals surface area (Å²) in [5.74, 6) is -0.0427. The van der Waals surface area contributed by atoms with Crippen LogP contribution in [0.1, 0.15) is 5.56 Å². The van der Waals surface area contributed by atoms with Gasteiger partial charge in [0.2, 0.25) is 5.91 Å². The second-order valence-electron chi connectivity index (χ2n) is 5.83. The molecule has 0 spiro atoms. The molecular weight excluding hydrogens is 386 g/mol. The third kappa shape index (κ3) is 3.76. The van der Waals surface area contributed by atoms with Crippen molar-refractivity contribution in [3.8, 4) is 0 Å². The van der Waals surface area contributed by atoms with Crippen molar-refractivity contribution in [1.82, 2.24) is 15.0 Å². The predicted molar refractivity (Wildman–Crippen MR) is 106 cm³/mol. The molecular formula is C17H13N5O3S2. The van der Waals surface area contributed by atoms with E-state index in [4.69, 9.17) is 0 Å². The van der Waals surface area contributed by atoms with E-state index in [1.54, 1.807) is 6.07 Å². The van der Waals surface area contributed by atoms with Gasteiger partial charge in [-0.2, -0.15) is 0 Å². The van der Waals surface area contributed by atoms with E-state index in [-0.39, 0.29) is 17.3 Å². The minimum atomic E-state index is -0.458. The first-order chi connectivity index (χ1) is 13.0. The summed E-state index contributed by atoms with van der Waals surface area (Å²) >= 11 is 2.66. The molecule has 1 amide bonds. The zero-order valence-corrected chi connectivity index (χ0v) is 15.7. The molecule has 0 aliphatic rings. The smallest absolute Gasteiger partial charge is 0.271 e. The highest BCUT2D eigenvalue weighted by Crippen LogP contribution is 2.27. The van der Waals surface area contributed by atoms with E-state index in [0.29, 0.717) is 21.3 Å². The van der Waals surface area contributed by atoms with Crippen LogP contribution in [0.2, 0.25) is 0 Å². The summed E-state index contributed by atoms with van der Waals surface area (Å²) in [4.78, 5) is 34.3. The highest BCUT2D eigenvalue weighted by Gasteiger charge is 2.12. The molecule has 4 rings (SSSR count). The number of nitrogens with zero attached hydrogens (tertiary/aromatic N) is 3. The number of rotatable bonds is 5. The van der Waals surface area contributed by atoms with Crippen LogP contribution in [0.3, 0.4) is 0 Å². The van der Waals surface area contributed by atoms with Gasteiger partial charge in [0, 0.05) is 12.1 Å². The highest BCUT2D eigenvalue weighted by atomic mass is 32.2. The average Bonchev–Trinajstić information content (AvgIpc) is 3.21. The van der Waals surface area contributed by atoms with E-state index >= 15 is 0 Å². The summed E-state index contributed by atoms with van der Waals surface area (Å²) in [6.07, 6.45) is 0. The Bertz CT molecular complexity index is 1180. The van der Waals surface area contributed by atoms with E-state index in [9.17, 15) is 14.9 Å². The molecule has 0 unspecified atom stereocenters. The number of aromatic amines is 1. The molecule has 10 heteroatoms. The first kappa shape index (κ1) is 17.4. The van der Waals surface area contributed by atoms with Gasteiger partial charge in [-0.25, -0.2) is 9.97 Å². The quantitative estimate of drug-likeness (QED) is 0.296. The molecule has 2 heterocycles. The van der Waals surface area contributed by atoms with Crippen LogP contribution in [0.15, 0.2) is 41.6 Å². The fourth-order valence-electron chi connectivity index (χ4n) is 2.53. The minimum Gasteiger partial charge on any atom is -0.333 e. The molecule has 0 aliphatic heterocycles. The summed E-state index contributed by atoms with van der Waals surface area (Å²) in [6.45, 7) is 2.01. The molecule has 0 fully saturated rings. The zero-order valence-electron chi connectivity index (χ0n) is 14.1. The van der Waals surface area contributed by atoms with E-state index in [0.717, 1.165) is 15.8 Å². The Morgan fingerprint density at radius 1 is 1.26 bits per heavy atom. The first-order valence-electron chi connectivity index (χ1n) is 7.92. The van der Waals surface area contributed by atoms with Gasteiger partial charge in [0.25, 0.3) is 5.69 Å². The average molecular weight is 399 g/mol. The monoisotopic (exact) mass is 399 g/mol. The van der Waals surface area contributed by atoms with Crippen molar-refractivity contribution < 1.29 is 9.72 Å². The lowest BCUT2D eigenvalue weighted by molar-refractivity contribution is -0.384. The van der Waals surface area contributed by atoms with Crippen molar-refractivity contribution >= 4 is 61.1 Å². The van der Waals surface area contributed by atoms with Crippen LogP contribution in [0.25, 0.3) is 21.3 Å².